The second-order valence-electron chi connectivity index (χ2n) is 4.98. The minimum Gasteiger partial charge on any atom is -0.314 e. The summed E-state index contributed by atoms with van der Waals surface area (Å²) in [5, 5.41) is 3.24. The first-order valence-corrected chi connectivity index (χ1v) is 8.73. The molecule has 6 heteroatoms. The van der Waals surface area contributed by atoms with Crippen molar-refractivity contribution in [1.29, 1.82) is 0 Å². The zero-order valence-electron chi connectivity index (χ0n) is 11.8. The average molecular weight is 305 g/mol. The number of rotatable bonds is 8. The van der Waals surface area contributed by atoms with E-state index in [0.29, 0.717) is 24.8 Å². The van der Waals surface area contributed by atoms with E-state index in [1.54, 1.807) is 6.07 Å². The molecule has 1 atom stereocenters. The number of nitrogens with one attached hydrogen (secondary N) is 1. The van der Waals surface area contributed by atoms with Gasteiger partial charge in [0.15, 0.2) is 11.6 Å². The highest BCUT2D eigenvalue weighted by Gasteiger charge is 2.12. The smallest absolute Gasteiger partial charge is 0.159 e. The van der Waals surface area contributed by atoms with Gasteiger partial charge in [-0.25, -0.2) is 17.2 Å². The molecule has 1 aromatic carbocycles. The van der Waals surface area contributed by atoms with Gasteiger partial charge in [0.1, 0.15) is 9.84 Å². The van der Waals surface area contributed by atoms with Crippen LogP contribution in [0.3, 0.4) is 0 Å². The molecule has 0 aliphatic heterocycles. The minimum atomic E-state index is -2.96. The van der Waals surface area contributed by atoms with E-state index in [2.05, 4.69) is 5.32 Å². The SMILES string of the molecule is CCNC(CCCS(C)(=O)=O)Cc1ccc(F)c(F)c1. The molecular formula is C14H21F2NO2S. The first-order valence-electron chi connectivity index (χ1n) is 6.67. The van der Waals surface area contributed by atoms with Crippen molar-refractivity contribution in [2.75, 3.05) is 18.6 Å². The lowest BCUT2D eigenvalue weighted by Gasteiger charge is -2.18. The van der Waals surface area contributed by atoms with Crippen LogP contribution in [0.1, 0.15) is 25.3 Å². The summed E-state index contributed by atoms with van der Waals surface area (Å²) in [6.07, 6.45) is 3.00. The van der Waals surface area contributed by atoms with Crippen LogP contribution in [0, 0.1) is 11.6 Å². The molecule has 0 radical (unpaired) electrons. The van der Waals surface area contributed by atoms with Gasteiger partial charge in [-0.3, -0.25) is 0 Å². The van der Waals surface area contributed by atoms with Crippen LogP contribution < -0.4 is 5.32 Å². The Morgan fingerprint density at radius 3 is 2.50 bits per heavy atom. The van der Waals surface area contributed by atoms with Crippen molar-refractivity contribution in [3.05, 3.63) is 35.4 Å². The van der Waals surface area contributed by atoms with Crippen LogP contribution in [0.2, 0.25) is 0 Å². The Morgan fingerprint density at radius 2 is 1.95 bits per heavy atom. The number of benzene rings is 1. The van der Waals surface area contributed by atoms with E-state index in [9.17, 15) is 17.2 Å². The summed E-state index contributed by atoms with van der Waals surface area (Å²) in [6, 6.07) is 3.92. The molecule has 0 aliphatic carbocycles. The van der Waals surface area contributed by atoms with Gasteiger partial charge in [-0.1, -0.05) is 13.0 Å². The Morgan fingerprint density at radius 1 is 1.25 bits per heavy atom. The highest BCUT2D eigenvalue weighted by molar-refractivity contribution is 7.90. The van der Waals surface area contributed by atoms with Gasteiger partial charge in [0.05, 0.1) is 0 Å². The Kier molecular flexibility index (Phi) is 6.55. The zero-order chi connectivity index (χ0) is 15.2. The van der Waals surface area contributed by atoms with Crippen molar-refractivity contribution in [3.63, 3.8) is 0 Å². The molecule has 0 bridgehead atoms. The summed E-state index contributed by atoms with van der Waals surface area (Å²) in [5.74, 6) is -1.56. The summed E-state index contributed by atoms with van der Waals surface area (Å²) < 4.78 is 48.2. The summed E-state index contributed by atoms with van der Waals surface area (Å²) in [6.45, 7) is 2.70. The summed E-state index contributed by atoms with van der Waals surface area (Å²) in [4.78, 5) is 0. The van der Waals surface area contributed by atoms with Crippen LogP contribution >= 0.6 is 0 Å². The molecule has 1 aromatic rings. The highest BCUT2D eigenvalue weighted by Crippen LogP contribution is 2.13. The molecule has 1 N–H and O–H groups in total. The quantitative estimate of drug-likeness (QED) is 0.801. The van der Waals surface area contributed by atoms with Crippen molar-refractivity contribution in [2.24, 2.45) is 0 Å². The van der Waals surface area contributed by atoms with Crippen molar-refractivity contribution in [2.45, 2.75) is 32.2 Å². The molecule has 0 aromatic heterocycles. The van der Waals surface area contributed by atoms with E-state index in [1.807, 2.05) is 6.92 Å². The molecule has 0 spiro atoms. The number of likely N-dealkylation sites (N-methyl/N-ethyl adjacent to an activating group) is 1. The fraction of sp³-hybridized carbons (Fsp3) is 0.571. The molecule has 0 saturated heterocycles. The van der Waals surface area contributed by atoms with E-state index in [4.69, 9.17) is 0 Å². The third kappa shape index (κ3) is 6.43. The predicted octanol–water partition coefficient (Wildman–Crippen LogP) is 2.31. The maximum Gasteiger partial charge on any atom is 0.159 e. The third-order valence-electron chi connectivity index (χ3n) is 3.03. The first-order chi connectivity index (χ1) is 9.31. The number of halogens is 2. The molecule has 1 rings (SSSR count). The molecule has 20 heavy (non-hydrogen) atoms. The Bertz CT molecular complexity index is 532. The standard InChI is InChI=1S/C14H21F2NO2S/c1-3-17-12(5-4-8-20(2,18)19)9-11-6-7-13(15)14(16)10-11/h6-7,10,12,17H,3-5,8-9H2,1-2H3. The molecule has 3 nitrogen and oxygen atoms in total. The summed E-state index contributed by atoms with van der Waals surface area (Å²) >= 11 is 0. The van der Waals surface area contributed by atoms with Gasteiger partial charge in [-0.15, -0.1) is 0 Å². The van der Waals surface area contributed by atoms with Crippen LogP contribution in [0.5, 0.6) is 0 Å². The lowest BCUT2D eigenvalue weighted by atomic mass is 10.0. The average Bonchev–Trinajstić information content (AvgIpc) is 2.32. The van der Waals surface area contributed by atoms with E-state index >= 15 is 0 Å². The molecule has 0 heterocycles. The lowest BCUT2D eigenvalue weighted by Crippen LogP contribution is -2.31. The topological polar surface area (TPSA) is 46.2 Å². The zero-order valence-corrected chi connectivity index (χ0v) is 12.6. The van der Waals surface area contributed by atoms with Crippen molar-refractivity contribution < 1.29 is 17.2 Å². The Labute approximate surface area is 119 Å². The molecule has 0 fully saturated rings. The minimum absolute atomic E-state index is 0.0617. The second kappa shape index (κ2) is 7.69. The van der Waals surface area contributed by atoms with E-state index < -0.39 is 21.5 Å². The normalized spacial score (nSPS) is 13.4. The Balaban J connectivity index is 2.59. The lowest BCUT2D eigenvalue weighted by molar-refractivity contribution is 0.478. The summed E-state index contributed by atoms with van der Waals surface area (Å²) in [5.41, 5.74) is 0.703. The fourth-order valence-electron chi connectivity index (χ4n) is 2.11. The van der Waals surface area contributed by atoms with Gasteiger partial charge in [0.2, 0.25) is 0 Å². The maximum atomic E-state index is 13.1. The monoisotopic (exact) mass is 305 g/mol. The van der Waals surface area contributed by atoms with Crippen LogP contribution in [-0.4, -0.2) is 33.0 Å². The molecule has 1 unspecified atom stereocenters. The molecule has 0 amide bonds. The fourth-order valence-corrected chi connectivity index (χ4v) is 2.80. The molecular weight excluding hydrogens is 284 g/mol. The molecule has 0 aliphatic rings. The van der Waals surface area contributed by atoms with Crippen LogP contribution in [0.15, 0.2) is 18.2 Å². The largest absolute Gasteiger partial charge is 0.314 e. The molecule has 0 saturated carbocycles. The van der Waals surface area contributed by atoms with Gasteiger partial charge in [-0.05, 0) is 43.5 Å². The number of hydrogen-bond acceptors (Lipinski definition) is 3. The van der Waals surface area contributed by atoms with Gasteiger partial charge in [0.25, 0.3) is 0 Å². The van der Waals surface area contributed by atoms with E-state index in [0.717, 1.165) is 12.6 Å². The van der Waals surface area contributed by atoms with Crippen molar-refractivity contribution in [1.82, 2.24) is 5.32 Å². The van der Waals surface area contributed by atoms with Crippen LogP contribution in [0.25, 0.3) is 0 Å². The predicted molar refractivity (Wildman–Crippen MR) is 76.5 cm³/mol. The third-order valence-corrected chi connectivity index (χ3v) is 4.06. The first kappa shape index (κ1) is 17.0. The Hall–Kier alpha value is -1.01. The highest BCUT2D eigenvalue weighted by atomic mass is 32.2. The van der Waals surface area contributed by atoms with Gasteiger partial charge in [-0.2, -0.15) is 0 Å². The van der Waals surface area contributed by atoms with Gasteiger partial charge >= 0.3 is 0 Å². The van der Waals surface area contributed by atoms with E-state index in [1.165, 1.54) is 12.3 Å². The van der Waals surface area contributed by atoms with Crippen molar-refractivity contribution >= 4 is 9.84 Å². The summed E-state index contributed by atoms with van der Waals surface area (Å²) in [7, 11) is -2.96. The van der Waals surface area contributed by atoms with Gasteiger partial charge in [0, 0.05) is 18.1 Å². The van der Waals surface area contributed by atoms with Crippen LogP contribution in [0.4, 0.5) is 8.78 Å². The van der Waals surface area contributed by atoms with Crippen LogP contribution in [-0.2, 0) is 16.3 Å². The van der Waals surface area contributed by atoms with Crippen molar-refractivity contribution in [3.8, 4) is 0 Å². The number of hydrogen-bond donors (Lipinski definition) is 1. The van der Waals surface area contributed by atoms with E-state index in [-0.39, 0.29) is 11.8 Å². The molecule has 114 valence electrons. The maximum absolute atomic E-state index is 13.1. The second-order valence-corrected chi connectivity index (χ2v) is 7.24. The number of sulfone groups is 1. The van der Waals surface area contributed by atoms with Gasteiger partial charge < -0.3 is 5.32 Å².